The van der Waals surface area contributed by atoms with Crippen LogP contribution in [0.3, 0.4) is 0 Å². The molecule has 0 aromatic carbocycles. The minimum Gasteiger partial charge on any atom is -0.378 e. The van der Waals surface area contributed by atoms with Crippen LogP contribution in [0.5, 0.6) is 0 Å². The molecule has 7 nitrogen and oxygen atoms in total. The van der Waals surface area contributed by atoms with Crippen molar-refractivity contribution < 1.29 is 14.2 Å². The van der Waals surface area contributed by atoms with Crippen LogP contribution in [0.15, 0.2) is 6.07 Å². The molecule has 1 aromatic rings. The van der Waals surface area contributed by atoms with E-state index in [0.29, 0.717) is 13.2 Å². The molecule has 2 aliphatic rings. The number of morpholine rings is 1. The lowest BCUT2D eigenvalue weighted by molar-refractivity contribution is 0.0795. The third-order valence-corrected chi connectivity index (χ3v) is 3.80. The predicted molar refractivity (Wildman–Crippen MR) is 78.8 cm³/mol. The zero-order valence-electron chi connectivity index (χ0n) is 12.5. The molecule has 0 unspecified atom stereocenters. The highest BCUT2D eigenvalue weighted by atomic mass is 16.5. The van der Waals surface area contributed by atoms with Crippen LogP contribution in [0.1, 0.15) is 5.69 Å². The van der Waals surface area contributed by atoms with E-state index in [4.69, 9.17) is 14.2 Å². The summed E-state index contributed by atoms with van der Waals surface area (Å²) in [4.78, 5) is 11.3. The molecule has 21 heavy (non-hydrogen) atoms. The number of aromatic nitrogens is 2. The van der Waals surface area contributed by atoms with Gasteiger partial charge in [0.25, 0.3) is 0 Å². The van der Waals surface area contributed by atoms with Gasteiger partial charge in [-0.2, -0.15) is 4.98 Å². The Kier molecular flexibility index (Phi) is 4.52. The Balaban J connectivity index is 1.74. The number of nitrogens with zero attached hydrogens (tertiary/aromatic N) is 3. The highest BCUT2D eigenvalue weighted by Crippen LogP contribution is 2.18. The Hall–Kier alpha value is -1.44. The van der Waals surface area contributed by atoms with Crippen molar-refractivity contribution in [2.24, 2.45) is 0 Å². The summed E-state index contributed by atoms with van der Waals surface area (Å²) in [5.41, 5.74) is 0.946. The van der Waals surface area contributed by atoms with Crippen LogP contribution < -0.4 is 10.2 Å². The van der Waals surface area contributed by atoms with Crippen molar-refractivity contribution in [2.45, 2.75) is 19.1 Å². The first-order chi connectivity index (χ1) is 10.3. The lowest BCUT2D eigenvalue weighted by Crippen LogP contribution is -2.38. The number of hydrogen-bond acceptors (Lipinski definition) is 7. The third kappa shape index (κ3) is 3.42. The third-order valence-electron chi connectivity index (χ3n) is 3.80. The van der Waals surface area contributed by atoms with E-state index in [0.717, 1.165) is 43.8 Å². The van der Waals surface area contributed by atoms with Crippen molar-refractivity contribution in [2.75, 3.05) is 56.8 Å². The average molecular weight is 294 g/mol. The van der Waals surface area contributed by atoms with Gasteiger partial charge in [-0.15, -0.1) is 0 Å². The summed E-state index contributed by atoms with van der Waals surface area (Å²) >= 11 is 0. The summed E-state index contributed by atoms with van der Waals surface area (Å²) in [6.45, 7) is 6.34. The zero-order valence-corrected chi connectivity index (χ0v) is 12.5. The van der Waals surface area contributed by atoms with Gasteiger partial charge in [-0.25, -0.2) is 4.98 Å². The first-order valence-electron chi connectivity index (χ1n) is 7.31. The monoisotopic (exact) mass is 294 g/mol. The smallest absolute Gasteiger partial charge is 0.227 e. The van der Waals surface area contributed by atoms with E-state index < -0.39 is 0 Å². The number of nitrogens with one attached hydrogen (secondary N) is 1. The Morgan fingerprint density at radius 1 is 1.24 bits per heavy atom. The number of aryl methyl sites for hydroxylation is 1. The van der Waals surface area contributed by atoms with Gasteiger partial charge in [-0.05, 0) is 6.92 Å². The first-order valence-corrected chi connectivity index (χ1v) is 7.31. The molecule has 0 aliphatic carbocycles. The van der Waals surface area contributed by atoms with Gasteiger partial charge in [0.15, 0.2) is 0 Å². The Morgan fingerprint density at radius 2 is 2.05 bits per heavy atom. The molecule has 2 aliphatic heterocycles. The highest BCUT2D eigenvalue weighted by molar-refractivity contribution is 5.44. The fraction of sp³-hybridized carbons (Fsp3) is 0.714. The molecule has 116 valence electrons. The molecule has 2 fully saturated rings. The highest BCUT2D eigenvalue weighted by Gasteiger charge is 2.28. The molecule has 3 rings (SSSR count). The fourth-order valence-corrected chi connectivity index (χ4v) is 2.62. The SMILES string of the molecule is CO[C@H]1COC[C@@H]1Nc1cc(C)nc(N2CCOCC2)n1. The number of rotatable bonds is 4. The molecule has 7 heteroatoms. The average Bonchev–Trinajstić information content (AvgIpc) is 2.95. The second-order valence-electron chi connectivity index (χ2n) is 5.36. The van der Waals surface area contributed by atoms with E-state index in [1.807, 2.05) is 13.0 Å². The van der Waals surface area contributed by atoms with Crippen molar-refractivity contribution in [3.05, 3.63) is 11.8 Å². The largest absolute Gasteiger partial charge is 0.378 e. The predicted octanol–water partition coefficient (Wildman–Crippen LogP) is 0.447. The quantitative estimate of drug-likeness (QED) is 0.864. The summed E-state index contributed by atoms with van der Waals surface area (Å²) in [6, 6.07) is 2.08. The molecule has 0 bridgehead atoms. The van der Waals surface area contributed by atoms with E-state index in [-0.39, 0.29) is 12.1 Å². The maximum atomic E-state index is 5.45. The van der Waals surface area contributed by atoms with E-state index in [1.165, 1.54) is 0 Å². The van der Waals surface area contributed by atoms with Gasteiger partial charge in [0, 0.05) is 32.0 Å². The molecule has 2 saturated heterocycles. The molecule has 1 N–H and O–H groups in total. The van der Waals surface area contributed by atoms with Crippen LogP contribution in [0.4, 0.5) is 11.8 Å². The Labute approximate surface area is 124 Å². The molecular formula is C14H22N4O3. The van der Waals surface area contributed by atoms with Gasteiger partial charge in [0.2, 0.25) is 5.95 Å². The minimum atomic E-state index is 0.0621. The van der Waals surface area contributed by atoms with Crippen molar-refractivity contribution in [1.82, 2.24) is 9.97 Å². The molecule has 3 heterocycles. The Morgan fingerprint density at radius 3 is 2.81 bits per heavy atom. The van der Waals surface area contributed by atoms with E-state index >= 15 is 0 Å². The molecule has 1 aromatic heterocycles. The van der Waals surface area contributed by atoms with Gasteiger partial charge >= 0.3 is 0 Å². The van der Waals surface area contributed by atoms with Crippen LogP contribution in [0.25, 0.3) is 0 Å². The van der Waals surface area contributed by atoms with Crippen LogP contribution in [-0.4, -0.2) is 68.7 Å². The van der Waals surface area contributed by atoms with Gasteiger partial charge in [-0.1, -0.05) is 0 Å². The van der Waals surface area contributed by atoms with Gasteiger partial charge < -0.3 is 24.4 Å². The maximum absolute atomic E-state index is 5.45. The number of ether oxygens (including phenoxy) is 3. The topological polar surface area (TPSA) is 68.7 Å². The lowest BCUT2D eigenvalue weighted by atomic mass is 10.2. The first kappa shape index (κ1) is 14.5. The summed E-state index contributed by atoms with van der Waals surface area (Å²) in [5.74, 6) is 1.58. The van der Waals surface area contributed by atoms with Crippen molar-refractivity contribution in [1.29, 1.82) is 0 Å². The zero-order chi connectivity index (χ0) is 14.7. The van der Waals surface area contributed by atoms with Crippen molar-refractivity contribution in [3.8, 4) is 0 Å². The number of hydrogen-bond donors (Lipinski definition) is 1. The van der Waals surface area contributed by atoms with Crippen LogP contribution in [0, 0.1) is 6.92 Å². The molecule has 0 amide bonds. The summed E-state index contributed by atoms with van der Waals surface area (Å²) in [5, 5.41) is 3.40. The molecular weight excluding hydrogens is 272 g/mol. The van der Waals surface area contributed by atoms with E-state index in [2.05, 4.69) is 20.2 Å². The minimum absolute atomic E-state index is 0.0621. The summed E-state index contributed by atoms with van der Waals surface area (Å²) in [7, 11) is 1.71. The van der Waals surface area contributed by atoms with Crippen LogP contribution >= 0.6 is 0 Å². The van der Waals surface area contributed by atoms with Gasteiger partial charge in [-0.3, -0.25) is 0 Å². The lowest BCUT2D eigenvalue weighted by Gasteiger charge is -2.27. The van der Waals surface area contributed by atoms with Crippen molar-refractivity contribution in [3.63, 3.8) is 0 Å². The second-order valence-corrected chi connectivity index (χ2v) is 5.36. The fourth-order valence-electron chi connectivity index (χ4n) is 2.62. The van der Waals surface area contributed by atoms with Gasteiger partial charge in [0.05, 0.1) is 32.5 Å². The normalized spacial score (nSPS) is 26.1. The number of methoxy groups -OCH3 is 1. The van der Waals surface area contributed by atoms with E-state index in [1.54, 1.807) is 7.11 Å². The summed E-state index contributed by atoms with van der Waals surface area (Å²) < 4.78 is 16.2. The van der Waals surface area contributed by atoms with Crippen LogP contribution in [-0.2, 0) is 14.2 Å². The molecule has 2 atom stereocenters. The molecule has 0 saturated carbocycles. The second kappa shape index (κ2) is 6.55. The van der Waals surface area contributed by atoms with Crippen molar-refractivity contribution >= 4 is 11.8 Å². The van der Waals surface area contributed by atoms with Gasteiger partial charge in [0.1, 0.15) is 11.9 Å². The summed E-state index contributed by atoms with van der Waals surface area (Å²) in [6.07, 6.45) is 0.0621. The Bertz CT molecular complexity index is 479. The van der Waals surface area contributed by atoms with E-state index in [9.17, 15) is 0 Å². The number of anilines is 2. The standard InChI is InChI=1S/C14H22N4O3/c1-10-7-13(16-11-8-21-9-12(11)19-2)17-14(15-10)18-3-5-20-6-4-18/h7,11-12H,3-6,8-9H2,1-2H3,(H,15,16,17)/t11-,12-/m0/s1. The molecule has 0 spiro atoms. The van der Waals surface area contributed by atoms with Crippen LogP contribution in [0.2, 0.25) is 0 Å². The molecule has 0 radical (unpaired) electrons. The maximum Gasteiger partial charge on any atom is 0.227 e.